The van der Waals surface area contributed by atoms with Gasteiger partial charge in [-0.15, -0.1) is 0 Å². The number of likely N-dealkylation sites (N-methyl/N-ethyl adjacent to an activating group) is 1. The number of carbonyl (C=O) groups excluding carboxylic acids is 1. The summed E-state index contributed by atoms with van der Waals surface area (Å²) in [5, 5.41) is 12.7. The molecule has 0 bridgehead atoms. The Morgan fingerprint density at radius 1 is 1.53 bits per heavy atom. The molecule has 4 nitrogen and oxygen atoms in total. The maximum atomic E-state index is 12.9. The fraction of sp³-hybridized carbons (Fsp3) is 0.462. The van der Waals surface area contributed by atoms with Crippen molar-refractivity contribution in [1.82, 2.24) is 10.2 Å². The van der Waals surface area contributed by atoms with Gasteiger partial charge in [-0.05, 0) is 61.8 Å². The number of rotatable bonds is 5. The van der Waals surface area contributed by atoms with Gasteiger partial charge in [0.15, 0.2) is 0 Å². The first-order chi connectivity index (χ1) is 8.71. The first-order valence-corrected chi connectivity index (χ1v) is 6.89. The Morgan fingerprint density at radius 3 is 2.68 bits per heavy atom. The minimum absolute atomic E-state index is 0.136. The van der Waals surface area contributed by atoms with Gasteiger partial charge in [-0.1, -0.05) is 0 Å². The molecule has 0 fully saturated rings. The molecular formula is C13H18FIN2O2. The summed E-state index contributed by atoms with van der Waals surface area (Å²) in [6.45, 7) is 2.23. The summed E-state index contributed by atoms with van der Waals surface area (Å²) in [5.74, 6) is -0.691. The number of hydrogen-bond acceptors (Lipinski definition) is 3. The molecule has 1 unspecified atom stereocenters. The number of benzene rings is 1. The van der Waals surface area contributed by atoms with Crippen LogP contribution in [0.3, 0.4) is 0 Å². The second kappa shape index (κ2) is 6.62. The molecule has 106 valence electrons. The van der Waals surface area contributed by atoms with Crippen LogP contribution in [0.25, 0.3) is 0 Å². The Kier molecular flexibility index (Phi) is 5.69. The predicted octanol–water partition coefficient (Wildman–Crippen LogP) is 1.47. The Morgan fingerprint density at radius 2 is 2.16 bits per heavy atom. The van der Waals surface area contributed by atoms with Gasteiger partial charge in [0.1, 0.15) is 5.82 Å². The lowest BCUT2D eigenvalue weighted by Gasteiger charge is -2.27. The van der Waals surface area contributed by atoms with Gasteiger partial charge in [-0.3, -0.25) is 4.79 Å². The molecule has 0 aliphatic carbocycles. The molecule has 0 spiro atoms. The summed E-state index contributed by atoms with van der Waals surface area (Å²) in [7, 11) is 3.69. The molecule has 1 aromatic rings. The van der Waals surface area contributed by atoms with Crippen LogP contribution in [0.1, 0.15) is 17.3 Å². The lowest BCUT2D eigenvalue weighted by Crippen LogP contribution is -2.47. The number of nitrogens with zero attached hydrogens (tertiary/aromatic N) is 1. The van der Waals surface area contributed by atoms with Crippen molar-refractivity contribution >= 4 is 28.5 Å². The highest BCUT2D eigenvalue weighted by Gasteiger charge is 2.22. The van der Waals surface area contributed by atoms with E-state index in [0.29, 0.717) is 15.7 Å². The number of amides is 1. The summed E-state index contributed by atoms with van der Waals surface area (Å²) < 4.78 is 13.5. The second-order valence-electron chi connectivity index (χ2n) is 5.04. The standard InChI is InChI=1S/C13H18FIN2O2/c1-13(19,8-17(2)3)7-16-12(18)10-5-4-9(14)6-11(10)15/h4-6,19H,7-8H2,1-3H3,(H,16,18). The van der Waals surface area contributed by atoms with Crippen LogP contribution in [0.15, 0.2) is 18.2 Å². The van der Waals surface area contributed by atoms with Gasteiger partial charge in [0, 0.05) is 16.7 Å². The molecule has 1 rings (SSSR count). The van der Waals surface area contributed by atoms with Crippen molar-refractivity contribution in [2.24, 2.45) is 0 Å². The lowest BCUT2D eigenvalue weighted by atomic mass is 10.1. The van der Waals surface area contributed by atoms with Gasteiger partial charge in [0.05, 0.1) is 11.2 Å². The van der Waals surface area contributed by atoms with Crippen molar-refractivity contribution in [3.8, 4) is 0 Å². The minimum Gasteiger partial charge on any atom is -0.387 e. The molecule has 0 saturated carbocycles. The summed E-state index contributed by atoms with van der Waals surface area (Å²) in [6, 6.07) is 3.98. The van der Waals surface area contributed by atoms with Crippen LogP contribution in [-0.2, 0) is 0 Å². The van der Waals surface area contributed by atoms with E-state index in [1.54, 1.807) is 6.92 Å². The topological polar surface area (TPSA) is 52.6 Å². The van der Waals surface area contributed by atoms with E-state index >= 15 is 0 Å². The maximum absolute atomic E-state index is 12.9. The summed E-state index contributed by atoms with van der Waals surface area (Å²) in [4.78, 5) is 13.8. The largest absolute Gasteiger partial charge is 0.387 e. The van der Waals surface area contributed by atoms with E-state index < -0.39 is 5.60 Å². The van der Waals surface area contributed by atoms with Crippen molar-refractivity contribution in [3.63, 3.8) is 0 Å². The first kappa shape index (κ1) is 16.3. The normalized spacial score (nSPS) is 14.3. The van der Waals surface area contributed by atoms with Crippen molar-refractivity contribution in [3.05, 3.63) is 33.1 Å². The van der Waals surface area contributed by atoms with E-state index in [1.807, 2.05) is 41.6 Å². The fourth-order valence-corrected chi connectivity index (χ4v) is 2.50. The third kappa shape index (κ3) is 5.42. The molecule has 1 aromatic carbocycles. The Balaban J connectivity index is 2.65. The van der Waals surface area contributed by atoms with Crippen LogP contribution >= 0.6 is 22.6 Å². The molecule has 0 aliphatic heterocycles. The van der Waals surface area contributed by atoms with Crippen LogP contribution in [-0.4, -0.2) is 48.7 Å². The lowest BCUT2D eigenvalue weighted by molar-refractivity contribution is 0.0326. The average Bonchev–Trinajstić information content (AvgIpc) is 2.24. The summed E-state index contributed by atoms with van der Waals surface area (Å²) in [6.07, 6.45) is 0. The molecule has 0 heterocycles. The smallest absolute Gasteiger partial charge is 0.252 e. The molecule has 6 heteroatoms. The van der Waals surface area contributed by atoms with Crippen molar-refractivity contribution in [1.29, 1.82) is 0 Å². The van der Waals surface area contributed by atoms with Crippen LogP contribution < -0.4 is 5.32 Å². The summed E-state index contributed by atoms with van der Waals surface area (Å²) in [5.41, 5.74) is -0.604. The second-order valence-corrected chi connectivity index (χ2v) is 6.20. The van der Waals surface area contributed by atoms with Crippen LogP contribution in [0.2, 0.25) is 0 Å². The van der Waals surface area contributed by atoms with E-state index in [1.165, 1.54) is 18.2 Å². The van der Waals surface area contributed by atoms with Crippen LogP contribution in [0.4, 0.5) is 4.39 Å². The number of aliphatic hydroxyl groups is 1. The first-order valence-electron chi connectivity index (χ1n) is 5.82. The molecule has 1 atom stereocenters. The maximum Gasteiger partial charge on any atom is 0.252 e. The van der Waals surface area contributed by atoms with Gasteiger partial charge in [-0.2, -0.15) is 0 Å². The van der Waals surface area contributed by atoms with E-state index in [-0.39, 0.29) is 18.3 Å². The molecule has 1 amide bonds. The minimum atomic E-state index is -1.01. The number of nitrogens with one attached hydrogen (secondary N) is 1. The zero-order chi connectivity index (χ0) is 14.6. The Labute approximate surface area is 126 Å². The predicted molar refractivity (Wildman–Crippen MR) is 80.6 cm³/mol. The van der Waals surface area contributed by atoms with Crippen molar-refractivity contribution in [2.45, 2.75) is 12.5 Å². The van der Waals surface area contributed by atoms with E-state index in [9.17, 15) is 14.3 Å². The Bertz CT molecular complexity index is 464. The molecule has 0 aromatic heterocycles. The highest BCUT2D eigenvalue weighted by molar-refractivity contribution is 14.1. The average molecular weight is 380 g/mol. The van der Waals surface area contributed by atoms with Crippen molar-refractivity contribution < 1.29 is 14.3 Å². The number of hydrogen-bond donors (Lipinski definition) is 2. The van der Waals surface area contributed by atoms with Crippen LogP contribution in [0.5, 0.6) is 0 Å². The molecule has 0 aliphatic rings. The molecule has 19 heavy (non-hydrogen) atoms. The van der Waals surface area contributed by atoms with E-state index in [4.69, 9.17) is 0 Å². The molecular weight excluding hydrogens is 362 g/mol. The van der Waals surface area contributed by atoms with Crippen LogP contribution in [0, 0.1) is 9.39 Å². The SMILES string of the molecule is CN(C)CC(C)(O)CNC(=O)c1ccc(F)cc1I. The zero-order valence-electron chi connectivity index (χ0n) is 11.2. The zero-order valence-corrected chi connectivity index (χ0v) is 13.4. The van der Waals surface area contributed by atoms with E-state index in [0.717, 1.165) is 0 Å². The number of carbonyl (C=O) groups is 1. The molecule has 2 N–H and O–H groups in total. The third-order valence-electron chi connectivity index (χ3n) is 2.46. The van der Waals surface area contributed by atoms with Crippen molar-refractivity contribution in [2.75, 3.05) is 27.2 Å². The fourth-order valence-electron chi connectivity index (χ4n) is 1.78. The monoisotopic (exact) mass is 380 g/mol. The number of halogens is 2. The quantitative estimate of drug-likeness (QED) is 0.761. The van der Waals surface area contributed by atoms with Gasteiger partial charge < -0.3 is 15.3 Å². The Hall–Kier alpha value is -0.730. The molecule has 0 saturated heterocycles. The van der Waals surface area contributed by atoms with Gasteiger partial charge in [0.25, 0.3) is 5.91 Å². The van der Waals surface area contributed by atoms with Gasteiger partial charge in [-0.25, -0.2) is 4.39 Å². The van der Waals surface area contributed by atoms with Gasteiger partial charge in [0.2, 0.25) is 0 Å². The van der Waals surface area contributed by atoms with E-state index in [2.05, 4.69) is 5.32 Å². The van der Waals surface area contributed by atoms with Gasteiger partial charge >= 0.3 is 0 Å². The highest BCUT2D eigenvalue weighted by Crippen LogP contribution is 2.14. The highest BCUT2D eigenvalue weighted by atomic mass is 127. The third-order valence-corrected chi connectivity index (χ3v) is 3.35. The molecule has 0 radical (unpaired) electrons. The summed E-state index contributed by atoms with van der Waals surface area (Å²) >= 11 is 1.91.